The Labute approximate surface area is 113 Å². The quantitative estimate of drug-likeness (QED) is 0.868. The van der Waals surface area contributed by atoms with Crippen LogP contribution in [-0.4, -0.2) is 4.09 Å². The van der Waals surface area contributed by atoms with Gasteiger partial charge in [-0.25, -0.2) is 12.9 Å². The molecule has 0 amide bonds. The maximum atomic E-state index is 13.4. The molecule has 0 saturated carbocycles. The Morgan fingerprint density at radius 2 is 2.00 bits per heavy atom. The zero-order valence-corrected chi connectivity index (χ0v) is 10.7. The average Bonchev–Trinajstić information content (AvgIpc) is 2.34. The first-order valence-corrected chi connectivity index (χ1v) is 5.78. The van der Waals surface area contributed by atoms with E-state index < -0.39 is 17.2 Å². The zero-order valence-electron chi connectivity index (χ0n) is 9.99. The molecule has 0 bridgehead atoms. The highest BCUT2D eigenvalue weighted by Crippen LogP contribution is 2.15. The maximum absolute atomic E-state index is 13.4. The molecule has 0 N–H and O–H groups in total. The third kappa shape index (κ3) is 3.12. The first kappa shape index (κ1) is 13.5. The monoisotopic (exact) mass is 285 g/mol. The summed E-state index contributed by atoms with van der Waals surface area (Å²) in [7, 11) is 0. The predicted molar refractivity (Wildman–Crippen MR) is 67.4 cm³/mol. The molecule has 0 aliphatic carbocycles. The fourth-order valence-electron chi connectivity index (χ4n) is 1.54. The van der Waals surface area contributed by atoms with Gasteiger partial charge in [0.1, 0.15) is 24.0 Å². The Morgan fingerprint density at radius 3 is 2.63 bits per heavy atom. The minimum absolute atomic E-state index is 0.0999. The number of benzene rings is 1. The van der Waals surface area contributed by atoms with Gasteiger partial charge < -0.3 is 4.74 Å². The molecule has 0 atom stereocenters. The van der Waals surface area contributed by atoms with E-state index in [9.17, 15) is 13.6 Å². The Kier molecular flexibility index (Phi) is 3.85. The van der Waals surface area contributed by atoms with Gasteiger partial charge in [0.25, 0.3) is 5.56 Å². The molecule has 1 aromatic heterocycles. The highest BCUT2D eigenvalue weighted by molar-refractivity contribution is 6.15. The second-order valence-electron chi connectivity index (χ2n) is 3.98. The normalized spacial score (nSPS) is 10.5. The summed E-state index contributed by atoms with van der Waals surface area (Å²) in [5.74, 6) is -1.06. The number of rotatable bonds is 3. The lowest BCUT2D eigenvalue weighted by Gasteiger charge is -2.08. The van der Waals surface area contributed by atoms with Gasteiger partial charge in [0, 0.05) is 41.2 Å². The lowest BCUT2D eigenvalue weighted by atomic mass is 10.2. The Hall–Kier alpha value is -1.88. The van der Waals surface area contributed by atoms with Crippen LogP contribution in [-0.2, 0) is 6.61 Å². The van der Waals surface area contributed by atoms with Crippen LogP contribution in [0.25, 0.3) is 0 Å². The number of hydrogen-bond acceptors (Lipinski definition) is 2. The lowest BCUT2D eigenvalue weighted by molar-refractivity contribution is 0.298. The van der Waals surface area contributed by atoms with Gasteiger partial charge in [0.15, 0.2) is 0 Å². The average molecular weight is 286 g/mol. The molecule has 0 saturated heterocycles. The number of halogens is 3. The van der Waals surface area contributed by atoms with Crippen molar-refractivity contribution in [1.29, 1.82) is 0 Å². The smallest absolute Gasteiger partial charge is 0.269 e. The molecule has 0 aliphatic rings. The summed E-state index contributed by atoms with van der Waals surface area (Å²) in [6.45, 7) is 1.54. The van der Waals surface area contributed by atoms with Gasteiger partial charge in [-0.2, -0.15) is 0 Å². The predicted octanol–water partition coefficient (Wildman–Crippen LogP) is 3.02. The number of hydrogen-bond donors (Lipinski definition) is 0. The van der Waals surface area contributed by atoms with Gasteiger partial charge in [-0.05, 0) is 19.1 Å². The summed E-state index contributed by atoms with van der Waals surface area (Å²) in [5.41, 5.74) is 0.272. The van der Waals surface area contributed by atoms with Gasteiger partial charge in [0.2, 0.25) is 0 Å². The molecule has 2 rings (SSSR count). The molecule has 0 radical (unpaired) electrons. The molecule has 3 nitrogen and oxygen atoms in total. The van der Waals surface area contributed by atoms with Crippen LogP contribution in [0.3, 0.4) is 0 Å². The summed E-state index contributed by atoms with van der Waals surface area (Å²) in [4.78, 5) is 11.4. The van der Waals surface area contributed by atoms with E-state index in [4.69, 9.17) is 16.5 Å². The van der Waals surface area contributed by atoms with Crippen LogP contribution in [0.2, 0.25) is 0 Å². The third-order valence-corrected chi connectivity index (χ3v) is 2.96. The standard InChI is InChI=1S/C13H10ClF2NO2/c1-8-4-11(6-13(18)17(8)14)19-7-9-2-3-10(15)5-12(9)16/h2-6H,7H2,1H3. The number of aryl methyl sites for hydroxylation is 1. The SMILES string of the molecule is Cc1cc(OCc2ccc(F)cc2F)cc(=O)n1Cl. The third-order valence-electron chi connectivity index (χ3n) is 2.53. The van der Waals surface area contributed by atoms with Gasteiger partial charge in [-0.15, -0.1) is 0 Å². The molecule has 0 spiro atoms. The minimum atomic E-state index is -0.692. The van der Waals surface area contributed by atoms with Crippen LogP contribution in [0.4, 0.5) is 8.78 Å². The highest BCUT2D eigenvalue weighted by atomic mass is 35.5. The molecule has 2 aromatic rings. The zero-order chi connectivity index (χ0) is 14.0. The fraction of sp³-hybridized carbons (Fsp3) is 0.154. The highest BCUT2D eigenvalue weighted by Gasteiger charge is 2.06. The van der Waals surface area contributed by atoms with Crippen molar-refractivity contribution in [2.45, 2.75) is 13.5 Å². The van der Waals surface area contributed by atoms with Crippen LogP contribution < -0.4 is 10.3 Å². The molecular weight excluding hydrogens is 276 g/mol. The van der Waals surface area contributed by atoms with E-state index in [2.05, 4.69) is 0 Å². The Morgan fingerprint density at radius 1 is 1.26 bits per heavy atom. The van der Waals surface area contributed by atoms with Crippen molar-refractivity contribution < 1.29 is 13.5 Å². The summed E-state index contributed by atoms with van der Waals surface area (Å²) in [6, 6.07) is 5.96. The van der Waals surface area contributed by atoms with Crippen molar-refractivity contribution in [3.63, 3.8) is 0 Å². The largest absolute Gasteiger partial charge is 0.489 e. The van der Waals surface area contributed by atoms with Crippen LogP contribution in [0.15, 0.2) is 35.1 Å². The van der Waals surface area contributed by atoms with E-state index in [1.54, 1.807) is 13.0 Å². The van der Waals surface area contributed by atoms with Crippen molar-refractivity contribution >= 4 is 11.8 Å². The molecule has 6 heteroatoms. The molecular formula is C13H10ClF2NO2. The van der Waals surface area contributed by atoms with Gasteiger partial charge >= 0.3 is 0 Å². The fourth-order valence-corrected chi connectivity index (χ4v) is 1.64. The maximum Gasteiger partial charge on any atom is 0.269 e. The second-order valence-corrected chi connectivity index (χ2v) is 4.31. The van der Waals surface area contributed by atoms with E-state index in [1.165, 1.54) is 12.1 Å². The molecule has 19 heavy (non-hydrogen) atoms. The Bertz CT molecular complexity index is 670. The molecule has 100 valence electrons. The van der Waals surface area contributed by atoms with Gasteiger partial charge in [-0.1, -0.05) is 0 Å². The molecule has 0 fully saturated rings. The van der Waals surface area contributed by atoms with Gasteiger partial charge in [-0.3, -0.25) is 4.79 Å². The van der Waals surface area contributed by atoms with Crippen molar-refractivity contribution in [2.24, 2.45) is 0 Å². The summed E-state index contributed by atoms with van der Waals surface area (Å²) >= 11 is 5.66. The summed E-state index contributed by atoms with van der Waals surface area (Å²) in [6.07, 6.45) is 0. The van der Waals surface area contributed by atoms with Crippen LogP contribution in [0, 0.1) is 18.6 Å². The molecule has 1 heterocycles. The summed E-state index contributed by atoms with van der Waals surface area (Å²) < 4.78 is 32.3. The minimum Gasteiger partial charge on any atom is -0.489 e. The summed E-state index contributed by atoms with van der Waals surface area (Å²) in [5, 5.41) is 0. The first-order chi connectivity index (χ1) is 8.97. The molecule has 1 aromatic carbocycles. The van der Waals surface area contributed by atoms with Crippen LogP contribution in [0.1, 0.15) is 11.3 Å². The van der Waals surface area contributed by atoms with Crippen molar-refractivity contribution in [3.05, 3.63) is 63.6 Å². The lowest BCUT2D eigenvalue weighted by Crippen LogP contribution is -2.14. The van der Waals surface area contributed by atoms with E-state index >= 15 is 0 Å². The molecule has 0 aliphatic heterocycles. The van der Waals surface area contributed by atoms with E-state index in [0.29, 0.717) is 5.69 Å². The van der Waals surface area contributed by atoms with Crippen LogP contribution in [0.5, 0.6) is 5.75 Å². The Balaban J connectivity index is 2.17. The van der Waals surface area contributed by atoms with Crippen molar-refractivity contribution in [1.82, 2.24) is 4.09 Å². The second kappa shape index (κ2) is 5.40. The van der Waals surface area contributed by atoms with Crippen LogP contribution >= 0.6 is 11.8 Å². The number of pyridine rings is 1. The van der Waals surface area contributed by atoms with Crippen molar-refractivity contribution in [3.8, 4) is 5.75 Å². The van der Waals surface area contributed by atoms with E-state index in [1.807, 2.05) is 0 Å². The number of ether oxygens (including phenoxy) is 1. The first-order valence-electron chi connectivity index (χ1n) is 5.44. The number of nitrogens with zero attached hydrogens (tertiary/aromatic N) is 1. The van der Waals surface area contributed by atoms with E-state index in [-0.39, 0.29) is 17.9 Å². The molecule has 0 unspecified atom stereocenters. The van der Waals surface area contributed by atoms with Gasteiger partial charge in [0.05, 0.1) is 0 Å². The number of aromatic nitrogens is 1. The van der Waals surface area contributed by atoms with E-state index in [0.717, 1.165) is 16.2 Å². The van der Waals surface area contributed by atoms with Crippen molar-refractivity contribution in [2.75, 3.05) is 0 Å². The topological polar surface area (TPSA) is 31.2 Å².